The summed E-state index contributed by atoms with van der Waals surface area (Å²) in [6.45, 7) is 5.75. The largest absolute Gasteiger partial charge is 0.465 e. The van der Waals surface area contributed by atoms with Crippen LogP contribution in [0.4, 0.5) is 0 Å². The molecule has 18 heavy (non-hydrogen) atoms. The molecule has 0 fully saturated rings. The molecule has 1 aromatic heterocycles. The zero-order chi connectivity index (χ0) is 13.5. The Balaban J connectivity index is 2.76. The van der Waals surface area contributed by atoms with Gasteiger partial charge in [0.1, 0.15) is 0 Å². The number of hydrogen-bond acceptors (Lipinski definition) is 6. The van der Waals surface area contributed by atoms with E-state index in [-0.39, 0.29) is 19.6 Å². The summed E-state index contributed by atoms with van der Waals surface area (Å²) < 4.78 is 9.78. The van der Waals surface area contributed by atoms with E-state index in [1.165, 1.54) is 11.3 Å². The molecule has 0 aliphatic carbocycles. The minimum atomic E-state index is -0.921. The highest BCUT2D eigenvalue weighted by molar-refractivity contribution is 7.09. The van der Waals surface area contributed by atoms with Gasteiger partial charge in [-0.1, -0.05) is 0 Å². The zero-order valence-corrected chi connectivity index (χ0v) is 11.6. The van der Waals surface area contributed by atoms with Crippen LogP contribution in [0.25, 0.3) is 0 Å². The highest BCUT2D eigenvalue weighted by Gasteiger charge is 2.30. The van der Waals surface area contributed by atoms with Crippen LogP contribution in [0.15, 0.2) is 5.38 Å². The van der Waals surface area contributed by atoms with Crippen LogP contribution in [0.3, 0.4) is 0 Å². The quantitative estimate of drug-likeness (QED) is 0.582. The fourth-order valence-corrected chi connectivity index (χ4v) is 2.24. The van der Waals surface area contributed by atoms with Crippen molar-refractivity contribution in [1.82, 2.24) is 4.98 Å². The van der Waals surface area contributed by atoms with Gasteiger partial charge in [-0.15, -0.1) is 11.3 Å². The lowest BCUT2D eigenvalue weighted by atomic mass is 10.1. The van der Waals surface area contributed by atoms with Crippen molar-refractivity contribution in [3.05, 3.63) is 16.1 Å². The molecule has 0 saturated heterocycles. The van der Waals surface area contributed by atoms with E-state index in [1.807, 2.05) is 12.3 Å². The molecule has 1 rings (SSSR count). The second-order valence-electron chi connectivity index (χ2n) is 3.64. The third-order valence-corrected chi connectivity index (χ3v) is 3.18. The van der Waals surface area contributed by atoms with Gasteiger partial charge in [-0.05, 0) is 20.8 Å². The standard InChI is InChI=1S/C12H17NO4S/c1-4-16-11(14)9(12(15)17-5-2)6-10-13-8(3)7-18-10/h7,9H,4-6H2,1-3H3. The summed E-state index contributed by atoms with van der Waals surface area (Å²) in [7, 11) is 0. The molecule has 0 radical (unpaired) electrons. The van der Waals surface area contributed by atoms with E-state index in [2.05, 4.69) is 4.98 Å². The SMILES string of the molecule is CCOC(=O)C(Cc1nc(C)cs1)C(=O)OCC. The molecule has 1 aromatic rings. The van der Waals surface area contributed by atoms with Gasteiger partial charge in [0.15, 0.2) is 5.92 Å². The number of hydrogen-bond donors (Lipinski definition) is 0. The Hall–Kier alpha value is -1.43. The molecule has 0 aliphatic heterocycles. The molecule has 0 amide bonds. The lowest BCUT2D eigenvalue weighted by Gasteiger charge is -2.12. The number of aromatic nitrogens is 1. The number of carbonyl (C=O) groups is 2. The van der Waals surface area contributed by atoms with Crippen molar-refractivity contribution in [3.8, 4) is 0 Å². The number of thiazole rings is 1. The molecule has 0 atom stereocenters. The van der Waals surface area contributed by atoms with Gasteiger partial charge in [0.05, 0.1) is 18.2 Å². The highest BCUT2D eigenvalue weighted by Crippen LogP contribution is 2.16. The molecular formula is C12H17NO4S. The maximum Gasteiger partial charge on any atom is 0.320 e. The number of aryl methyl sites for hydroxylation is 1. The van der Waals surface area contributed by atoms with Crippen LogP contribution in [0, 0.1) is 12.8 Å². The summed E-state index contributed by atoms with van der Waals surface area (Å²) in [4.78, 5) is 27.7. The Labute approximate surface area is 110 Å². The fourth-order valence-electron chi connectivity index (χ4n) is 1.42. The van der Waals surface area contributed by atoms with Gasteiger partial charge in [-0.25, -0.2) is 4.98 Å². The molecule has 0 aromatic carbocycles. The van der Waals surface area contributed by atoms with E-state index >= 15 is 0 Å². The molecule has 0 unspecified atom stereocenters. The third-order valence-electron chi connectivity index (χ3n) is 2.19. The van der Waals surface area contributed by atoms with Crippen LogP contribution in [-0.4, -0.2) is 30.1 Å². The van der Waals surface area contributed by atoms with E-state index in [9.17, 15) is 9.59 Å². The van der Waals surface area contributed by atoms with Crippen molar-refractivity contribution in [2.45, 2.75) is 27.2 Å². The Kier molecular flexibility index (Phi) is 5.77. The molecule has 0 spiro atoms. The van der Waals surface area contributed by atoms with Gasteiger partial charge >= 0.3 is 11.9 Å². The summed E-state index contributed by atoms with van der Waals surface area (Å²) in [5.41, 5.74) is 0.876. The van der Waals surface area contributed by atoms with Gasteiger partial charge in [0.2, 0.25) is 0 Å². The van der Waals surface area contributed by atoms with Crippen molar-refractivity contribution >= 4 is 23.3 Å². The average Bonchev–Trinajstić information content (AvgIpc) is 2.72. The number of nitrogens with zero attached hydrogens (tertiary/aromatic N) is 1. The number of ether oxygens (including phenoxy) is 2. The maximum absolute atomic E-state index is 11.7. The van der Waals surface area contributed by atoms with E-state index in [1.54, 1.807) is 13.8 Å². The van der Waals surface area contributed by atoms with E-state index in [0.29, 0.717) is 0 Å². The lowest BCUT2D eigenvalue weighted by Crippen LogP contribution is -2.30. The molecular weight excluding hydrogens is 254 g/mol. The molecule has 100 valence electrons. The predicted octanol–water partition coefficient (Wildman–Crippen LogP) is 1.74. The van der Waals surface area contributed by atoms with Crippen molar-refractivity contribution in [2.75, 3.05) is 13.2 Å². The van der Waals surface area contributed by atoms with Crippen LogP contribution in [0.2, 0.25) is 0 Å². The first-order valence-electron chi connectivity index (χ1n) is 5.82. The Morgan fingerprint density at radius 2 is 1.83 bits per heavy atom. The molecule has 1 heterocycles. The molecule has 5 nitrogen and oxygen atoms in total. The first-order chi connectivity index (χ1) is 8.58. The number of rotatable bonds is 6. The predicted molar refractivity (Wildman–Crippen MR) is 67.3 cm³/mol. The van der Waals surface area contributed by atoms with Gasteiger partial charge in [-0.2, -0.15) is 0 Å². The van der Waals surface area contributed by atoms with Gasteiger partial charge < -0.3 is 9.47 Å². The zero-order valence-electron chi connectivity index (χ0n) is 10.8. The minimum absolute atomic E-state index is 0.232. The second-order valence-corrected chi connectivity index (χ2v) is 4.59. The van der Waals surface area contributed by atoms with Crippen molar-refractivity contribution in [3.63, 3.8) is 0 Å². The summed E-state index contributed by atoms with van der Waals surface area (Å²) >= 11 is 1.42. The van der Waals surface area contributed by atoms with Crippen LogP contribution >= 0.6 is 11.3 Å². The first-order valence-corrected chi connectivity index (χ1v) is 6.70. The fraction of sp³-hybridized carbons (Fsp3) is 0.583. The molecule has 0 bridgehead atoms. The summed E-state index contributed by atoms with van der Waals surface area (Å²) in [5.74, 6) is -2.02. The summed E-state index contributed by atoms with van der Waals surface area (Å²) in [5, 5.41) is 2.61. The van der Waals surface area contributed by atoms with Crippen LogP contribution in [0.5, 0.6) is 0 Å². The maximum atomic E-state index is 11.7. The number of esters is 2. The molecule has 6 heteroatoms. The summed E-state index contributed by atoms with van der Waals surface area (Å²) in [6, 6.07) is 0. The first kappa shape index (κ1) is 14.6. The van der Waals surface area contributed by atoms with Gasteiger partial charge in [-0.3, -0.25) is 9.59 Å². The Morgan fingerprint density at radius 3 is 2.22 bits per heavy atom. The summed E-state index contributed by atoms with van der Waals surface area (Å²) in [6.07, 6.45) is 0.232. The highest BCUT2D eigenvalue weighted by atomic mass is 32.1. The van der Waals surface area contributed by atoms with Gasteiger partial charge in [0.25, 0.3) is 0 Å². The minimum Gasteiger partial charge on any atom is -0.465 e. The number of carbonyl (C=O) groups excluding carboxylic acids is 2. The molecule has 0 saturated carbocycles. The van der Waals surface area contributed by atoms with Crippen molar-refractivity contribution in [1.29, 1.82) is 0 Å². The van der Waals surface area contributed by atoms with Crippen LogP contribution in [-0.2, 0) is 25.5 Å². The Morgan fingerprint density at radius 1 is 1.28 bits per heavy atom. The topological polar surface area (TPSA) is 65.5 Å². The second kappa shape index (κ2) is 7.10. The van der Waals surface area contributed by atoms with Crippen LogP contribution in [0.1, 0.15) is 24.5 Å². The van der Waals surface area contributed by atoms with Crippen LogP contribution < -0.4 is 0 Å². The van der Waals surface area contributed by atoms with Crippen molar-refractivity contribution < 1.29 is 19.1 Å². The van der Waals surface area contributed by atoms with Gasteiger partial charge in [0, 0.05) is 17.5 Å². The molecule has 0 N–H and O–H groups in total. The van der Waals surface area contributed by atoms with E-state index < -0.39 is 17.9 Å². The van der Waals surface area contributed by atoms with Crippen molar-refractivity contribution in [2.24, 2.45) is 5.92 Å². The lowest BCUT2D eigenvalue weighted by molar-refractivity contribution is -0.161. The van der Waals surface area contributed by atoms with E-state index in [0.717, 1.165) is 10.7 Å². The van der Waals surface area contributed by atoms with E-state index in [4.69, 9.17) is 9.47 Å². The smallest absolute Gasteiger partial charge is 0.320 e. The average molecular weight is 271 g/mol. The Bertz CT molecular complexity index is 398. The third kappa shape index (κ3) is 4.10. The molecule has 0 aliphatic rings. The monoisotopic (exact) mass is 271 g/mol. The normalized spacial score (nSPS) is 10.4.